The fourth-order valence-corrected chi connectivity index (χ4v) is 3.07. The van der Waals surface area contributed by atoms with Gasteiger partial charge in [-0.05, 0) is 13.3 Å². The number of carbonyl (C=O) groups is 3. The van der Waals surface area contributed by atoms with Gasteiger partial charge in [-0.15, -0.1) is 0 Å². The highest BCUT2D eigenvalue weighted by molar-refractivity contribution is 7.87. The van der Waals surface area contributed by atoms with Gasteiger partial charge in [-0.1, -0.05) is 58.3 Å². The number of carbonyl (C=O) groups excluding carboxylic acids is 3. The number of unbranched alkanes of at least 4 members (excludes halogenated alkanes) is 8. The summed E-state index contributed by atoms with van der Waals surface area (Å²) in [6.45, 7) is 3.70. The van der Waals surface area contributed by atoms with Crippen LogP contribution in [0.4, 0.5) is 0 Å². The van der Waals surface area contributed by atoms with Crippen molar-refractivity contribution in [2.45, 2.75) is 89.7 Å². The highest BCUT2D eigenvalue weighted by atomic mass is 32.2. The number of esters is 2. The van der Waals surface area contributed by atoms with Crippen molar-refractivity contribution in [2.24, 2.45) is 0 Å². The number of hydrogen-bond donors (Lipinski definition) is 1. The Morgan fingerprint density at radius 2 is 1.39 bits per heavy atom. The number of ether oxygens (including phenoxy) is 1. The molecule has 0 amide bonds. The normalized spacial score (nSPS) is 12.4. The van der Waals surface area contributed by atoms with Crippen molar-refractivity contribution in [3.8, 4) is 0 Å². The molecule has 164 valence electrons. The maximum Gasteiger partial charge on any atom is 0.344 e. The molecule has 0 fully saturated rings. The van der Waals surface area contributed by atoms with Crippen LogP contribution in [0.15, 0.2) is 0 Å². The third-order valence-electron chi connectivity index (χ3n) is 3.94. The lowest BCUT2D eigenvalue weighted by molar-refractivity contribution is -0.269. The molecular formula is C18H32O9S. The smallest absolute Gasteiger partial charge is 0.344 e. The molecule has 1 N–H and O–H groups in total. The van der Waals surface area contributed by atoms with Gasteiger partial charge in [0.2, 0.25) is 0 Å². The zero-order chi connectivity index (χ0) is 21.4. The van der Waals surface area contributed by atoms with Crippen LogP contribution in [0, 0.1) is 0 Å². The highest BCUT2D eigenvalue weighted by Gasteiger charge is 2.37. The molecular weight excluding hydrogens is 392 g/mol. The van der Waals surface area contributed by atoms with Crippen molar-refractivity contribution in [1.82, 2.24) is 0 Å². The standard InChI is InChI=1S/C18H32O9S/c1-3-5-6-7-8-9-10-11-12-13-16(19)26-18(21)15(28(22,23)24)14-17(20)27-25-4-2/h15H,3-14H2,1-2H3,(H,22,23,24). The van der Waals surface area contributed by atoms with E-state index in [0.717, 1.165) is 25.7 Å². The van der Waals surface area contributed by atoms with E-state index in [-0.39, 0.29) is 13.0 Å². The summed E-state index contributed by atoms with van der Waals surface area (Å²) in [5, 5.41) is -2.24. The van der Waals surface area contributed by atoms with E-state index in [0.29, 0.717) is 6.42 Å². The molecule has 0 aliphatic rings. The van der Waals surface area contributed by atoms with Gasteiger partial charge in [-0.2, -0.15) is 13.3 Å². The second-order valence-corrected chi connectivity index (χ2v) is 8.04. The van der Waals surface area contributed by atoms with Gasteiger partial charge in [-0.3, -0.25) is 19.0 Å². The van der Waals surface area contributed by atoms with E-state index in [1.165, 1.54) is 32.6 Å². The molecule has 0 bridgehead atoms. The summed E-state index contributed by atoms with van der Waals surface area (Å²) >= 11 is 0. The maximum atomic E-state index is 11.8. The van der Waals surface area contributed by atoms with Gasteiger partial charge >= 0.3 is 17.9 Å². The van der Waals surface area contributed by atoms with Crippen molar-refractivity contribution < 1.29 is 41.9 Å². The molecule has 0 aliphatic carbocycles. The first-order valence-electron chi connectivity index (χ1n) is 9.75. The summed E-state index contributed by atoms with van der Waals surface area (Å²) in [7, 11) is -4.96. The van der Waals surface area contributed by atoms with Crippen LogP contribution in [-0.4, -0.2) is 42.7 Å². The number of hydrogen-bond acceptors (Lipinski definition) is 8. The van der Waals surface area contributed by atoms with E-state index >= 15 is 0 Å². The SMILES string of the molecule is CCCCCCCCCCCC(=O)OC(=O)C(CC(=O)OOCC)S(=O)(=O)O. The third kappa shape index (κ3) is 13.6. The van der Waals surface area contributed by atoms with Crippen molar-refractivity contribution in [2.75, 3.05) is 6.61 Å². The Balaban J connectivity index is 4.19. The summed E-state index contributed by atoms with van der Waals surface area (Å²) in [6.07, 6.45) is 8.28. The third-order valence-corrected chi connectivity index (χ3v) is 5.02. The first kappa shape index (κ1) is 26.5. The van der Waals surface area contributed by atoms with E-state index in [1.54, 1.807) is 0 Å². The maximum absolute atomic E-state index is 11.8. The first-order valence-corrected chi connectivity index (χ1v) is 11.3. The van der Waals surface area contributed by atoms with E-state index < -0.39 is 39.7 Å². The predicted octanol–water partition coefficient (Wildman–Crippen LogP) is 3.12. The molecule has 0 rings (SSSR count). The Kier molecular flexibility index (Phi) is 14.6. The Hall–Kier alpha value is -1.52. The van der Waals surface area contributed by atoms with Crippen LogP contribution in [0.2, 0.25) is 0 Å². The average Bonchev–Trinajstić information content (AvgIpc) is 2.61. The molecule has 0 radical (unpaired) electrons. The van der Waals surface area contributed by atoms with Crippen LogP contribution in [-0.2, 0) is 39.0 Å². The van der Waals surface area contributed by atoms with E-state index in [4.69, 9.17) is 4.55 Å². The van der Waals surface area contributed by atoms with Crippen LogP contribution in [0.1, 0.15) is 84.5 Å². The molecule has 0 saturated heterocycles. The van der Waals surface area contributed by atoms with Gasteiger partial charge in [0.25, 0.3) is 10.1 Å². The molecule has 1 atom stereocenters. The van der Waals surface area contributed by atoms with Crippen molar-refractivity contribution >= 4 is 28.0 Å². The zero-order valence-electron chi connectivity index (χ0n) is 16.7. The zero-order valence-corrected chi connectivity index (χ0v) is 17.5. The lowest BCUT2D eigenvalue weighted by atomic mass is 10.1. The van der Waals surface area contributed by atoms with Gasteiger partial charge in [-0.25, -0.2) is 4.79 Å². The molecule has 0 spiro atoms. The van der Waals surface area contributed by atoms with Gasteiger partial charge in [0.15, 0.2) is 5.25 Å². The molecule has 0 saturated carbocycles. The van der Waals surface area contributed by atoms with Gasteiger partial charge in [0.1, 0.15) is 0 Å². The minimum atomic E-state index is -4.96. The summed E-state index contributed by atoms with van der Waals surface area (Å²) in [6, 6.07) is 0. The van der Waals surface area contributed by atoms with Crippen molar-refractivity contribution in [1.29, 1.82) is 0 Å². The van der Waals surface area contributed by atoms with E-state index in [2.05, 4.69) is 21.4 Å². The fraction of sp³-hybridized carbons (Fsp3) is 0.833. The minimum absolute atomic E-state index is 0.0178. The Bertz CT molecular complexity index is 572. The minimum Gasteiger partial charge on any atom is -0.392 e. The molecule has 0 aliphatic heterocycles. The second kappa shape index (κ2) is 15.4. The summed E-state index contributed by atoms with van der Waals surface area (Å²) < 4.78 is 36.1. The largest absolute Gasteiger partial charge is 0.392 e. The second-order valence-electron chi connectivity index (χ2n) is 6.44. The molecule has 1 unspecified atom stereocenters. The van der Waals surface area contributed by atoms with Gasteiger partial charge in [0.05, 0.1) is 13.0 Å². The van der Waals surface area contributed by atoms with Crippen molar-refractivity contribution in [3.05, 3.63) is 0 Å². The molecule has 0 aromatic rings. The topological polar surface area (TPSA) is 133 Å². The van der Waals surface area contributed by atoms with Gasteiger partial charge in [0, 0.05) is 6.42 Å². The first-order chi connectivity index (χ1) is 13.2. The monoisotopic (exact) mass is 424 g/mol. The molecule has 0 aromatic carbocycles. The van der Waals surface area contributed by atoms with Crippen LogP contribution in [0.25, 0.3) is 0 Å². The van der Waals surface area contributed by atoms with Crippen LogP contribution in [0.3, 0.4) is 0 Å². The van der Waals surface area contributed by atoms with Crippen LogP contribution < -0.4 is 0 Å². The van der Waals surface area contributed by atoms with Crippen LogP contribution in [0.5, 0.6) is 0 Å². The summed E-state index contributed by atoms with van der Waals surface area (Å²) in [4.78, 5) is 43.5. The molecule has 0 aromatic heterocycles. The van der Waals surface area contributed by atoms with E-state index in [9.17, 15) is 22.8 Å². The molecule has 9 nitrogen and oxygen atoms in total. The Morgan fingerprint density at radius 3 is 1.89 bits per heavy atom. The predicted molar refractivity (Wildman–Crippen MR) is 101 cm³/mol. The lowest BCUT2D eigenvalue weighted by Gasteiger charge is -2.11. The fourth-order valence-electron chi connectivity index (χ4n) is 2.43. The Labute approximate surface area is 166 Å². The quantitative estimate of drug-likeness (QED) is 0.0990. The lowest BCUT2D eigenvalue weighted by Crippen LogP contribution is -2.35. The molecule has 0 heterocycles. The number of rotatable bonds is 16. The summed E-state index contributed by atoms with van der Waals surface area (Å²) in [5.41, 5.74) is 0. The highest BCUT2D eigenvalue weighted by Crippen LogP contribution is 2.12. The van der Waals surface area contributed by atoms with Crippen LogP contribution >= 0.6 is 0 Å². The van der Waals surface area contributed by atoms with E-state index in [1.807, 2.05) is 0 Å². The summed E-state index contributed by atoms with van der Waals surface area (Å²) in [5.74, 6) is -3.61. The average molecular weight is 425 g/mol. The van der Waals surface area contributed by atoms with Crippen molar-refractivity contribution in [3.63, 3.8) is 0 Å². The Morgan fingerprint density at radius 1 is 0.857 bits per heavy atom. The molecule has 28 heavy (non-hydrogen) atoms. The van der Waals surface area contributed by atoms with Gasteiger partial charge < -0.3 is 4.74 Å². The molecule has 10 heteroatoms.